The summed E-state index contributed by atoms with van der Waals surface area (Å²) in [6.45, 7) is -1.20. The summed E-state index contributed by atoms with van der Waals surface area (Å²) in [5.41, 5.74) is 0.904. The number of nitrogens with one attached hydrogen (secondary N) is 2. The Morgan fingerprint density at radius 2 is 1.82 bits per heavy atom. The third-order valence-electron chi connectivity index (χ3n) is 2.48. The summed E-state index contributed by atoms with van der Waals surface area (Å²) in [6, 6.07) is 5.80. The van der Waals surface area contributed by atoms with Crippen molar-refractivity contribution >= 4 is 23.5 Å². The zero-order valence-corrected chi connectivity index (χ0v) is 12.5. The summed E-state index contributed by atoms with van der Waals surface area (Å²) >= 11 is 5.75. The highest BCUT2D eigenvalue weighted by molar-refractivity contribution is 6.30. The van der Waals surface area contributed by atoms with Crippen molar-refractivity contribution in [2.24, 2.45) is 0 Å². The number of imide groups is 1. The Kier molecular flexibility index (Phi) is 6.63. The molecule has 0 aliphatic rings. The molecule has 0 fully saturated rings. The van der Waals surface area contributed by atoms with Crippen LogP contribution in [0, 0.1) is 0 Å². The Morgan fingerprint density at radius 1 is 1.23 bits per heavy atom. The highest BCUT2D eigenvalue weighted by Crippen LogP contribution is 2.12. The van der Waals surface area contributed by atoms with Gasteiger partial charge in [-0.2, -0.15) is 13.2 Å². The number of nitrogens with zero attached hydrogens (tertiary/aromatic N) is 1. The van der Waals surface area contributed by atoms with E-state index in [9.17, 15) is 22.8 Å². The van der Waals surface area contributed by atoms with Gasteiger partial charge < -0.3 is 5.32 Å². The Hall–Kier alpha value is -1.80. The molecule has 0 unspecified atom stereocenters. The minimum Gasteiger partial charge on any atom is -0.329 e. The van der Waals surface area contributed by atoms with Crippen LogP contribution in [0.25, 0.3) is 0 Å². The van der Waals surface area contributed by atoms with E-state index in [4.69, 9.17) is 11.6 Å². The Bertz CT molecular complexity index is 520. The molecule has 22 heavy (non-hydrogen) atoms. The van der Waals surface area contributed by atoms with Gasteiger partial charge in [0.15, 0.2) is 0 Å². The van der Waals surface area contributed by atoms with Gasteiger partial charge in [-0.1, -0.05) is 23.7 Å². The van der Waals surface area contributed by atoms with Gasteiger partial charge in [-0.05, 0) is 24.7 Å². The number of urea groups is 1. The monoisotopic (exact) mass is 337 g/mol. The first-order valence-corrected chi connectivity index (χ1v) is 6.61. The van der Waals surface area contributed by atoms with Crippen LogP contribution >= 0.6 is 11.6 Å². The molecular weight excluding hydrogens is 323 g/mol. The molecule has 0 bridgehead atoms. The lowest BCUT2D eigenvalue weighted by atomic mass is 10.2. The van der Waals surface area contributed by atoms with Gasteiger partial charge in [0, 0.05) is 11.6 Å². The lowest BCUT2D eigenvalue weighted by Gasteiger charge is -2.16. The summed E-state index contributed by atoms with van der Waals surface area (Å²) in [5, 5.41) is 3.97. The van der Waals surface area contributed by atoms with E-state index in [-0.39, 0.29) is 6.54 Å². The topological polar surface area (TPSA) is 61.4 Å². The molecule has 1 aromatic rings. The number of likely N-dealkylation sites (N-methyl/N-ethyl adjacent to an activating group) is 1. The van der Waals surface area contributed by atoms with Crippen LogP contribution in [0.15, 0.2) is 24.3 Å². The first-order valence-electron chi connectivity index (χ1n) is 6.23. The third kappa shape index (κ3) is 7.84. The van der Waals surface area contributed by atoms with Crippen LogP contribution in [0.3, 0.4) is 0 Å². The van der Waals surface area contributed by atoms with E-state index in [1.807, 2.05) is 5.32 Å². The SMILES string of the molecule is CN(CC(=O)NC(=O)NCC(F)(F)F)Cc1ccc(Cl)cc1. The van der Waals surface area contributed by atoms with Crippen molar-refractivity contribution in [2.75, 3.05) is 20.1 Å². The van der Waals surface area contributed by atoms with Gasteiger partial charge in [0.25, 0.3) is 0 Å². The maximum Gasteiger partial charge on any atom is 0.405 e. The number of alkyl halides is 3. The van der Waals surface area contributed by atoms with E-state index >= 15 is 0 Å². The number of carbonyl (C=O) groups is 2. The third-order valence-corrected chi connectivity index (χ3v) is 2.73. The van der Waals surface area contributed by atoms with Crippen LogP contribution in [0.5, 0.6) is 0 Å². The average molecular weight is 338 g/mol. The molecule has 1 aromatic carbocycles. The van der Waals surface area contributed by atoms with Gasteiger partial charge in [0.05, 0.1) is 6.54 Å². The molecule has 0 aliphatic carbocycles. The Morgan fingerprint density at radius 3 is 2.36 bits per heavy atom. The molecule has 5 nitrogen and oxygen atoms in total. The number of hydrogen-bond acceptors (Lipinski definition) is 3. The lowest BCUT2D eigenvalue weighted by Crippen LogP contribution is -2.46. The highest BCUT2D eigenvalue weighted by Gasteiger charge is 2.28. The number of amides is 3. The quantitative estimate of drug-likeness (QED) is 0.865. The maximum absolute atomic E-state index is 11.9. The van der Waals surface area contributed by atoms with E-state index < -0.39 is 24.7 Å². The maximum atomic E-state index is 11.9. The minimum absolute atomic E-state index is 0.137. The van der Waals surface area contributed by atoms with Crippen molar-refractivity contribution in [3.63, 3.8) is 0 Å². The molecule has 0 spiro atoms. The second kappa shape index (κ2) is 8.00. The van der Waals surface area contributed by atoms with Crippen LogP contribution in [-0.4, -0.2) is 43.2 Å². The number of hydrogen-bond donors (Lipinski definition) is 2. The molecular formula is C13H15ClF3N3O2. The standard InChI is InChI=1S/C13H15ClF3N3O2/c1-20(6-9-2-4-10(14)5-3-9)7-11(21)19-12(22)18-8-13(15,16)17/h2-5H,6-8H2,1H3,(H2,18,19,21,22). The molecule has 0 aliphatic heterocycles. The molecule has 3 amide bonds. The van der Waals surface area contributed by atoms with Crippen molar-refractivity contribution in [1.82, 2.24) is 15.5 Å². The Balaban J connectivity index is 2.34. The fourth-order valence-corrected chi connectivity index (χ4v) is 1.72. The zero-order valence-electron chi connectivity index (χ0n) is 11.7. The van der Waals surface area contributed by atoms with Gasteiger partial charge in [0.2, 0.25) is 5.91 Å². The van der Waals surface area contributed by atoms with Crippen molar-refractivity contribution in [1.29, 1.82) is 0 Å². The first kappa shape index (κ1) is 18.2. The van der Waals surface area contributed by atoms with Crippen molar-refractivity contribution in [3.8, 4) is 0 Å². The normalized spacial score (nSPS) is 11.4. The van der Waals surface area contributed by atoms with E-state index in [0.29, 0.717) is 11.6 Å². The van der Waals surface area contributed by atoms with Gasteiger partial charge in [-0.3, -0.25) is 15.0 Å². The summed E-state index contributed by atoms with van der Waals surface area (Å²) in [5.74, 6) is -0.698. The van der Waals surface area contributed by atoms with E-state index in [0.717, 1.165) is 5.56 Å². The largest absolute Gasteiger partial charge is 0.405 e. The van der Waals surface area contributed by atoms with Crippen LogP contribution in [-0.2, 0) is 11.3 Å². The smallest absolute Gasteiger partial charge is 0.329 e. The fraction of sp³-hybridized carbons (Fsp3) is 0.385. The van der Waals surface area contributed by atoms with Crippen LogP contribution in [0.2, 0.25) is 5.02 Å². The predicted octanol–water partition coefficient (Wildman–Crippen LogP) is 2.16. The summed E-state index contributed by atoms with van der Waals surface area (Å²) < 4.78 is 35.7. The molecule has 0 heterocycles. The second-order valence-electron chi connectivity index (χ2n) is 4.64. The molecule has 1 rings (SSSR count). The number of carbonyl (C=O) groups excluding carboxylic acids is 2. The van der Waals surface area contributed by atoms with Gasteiger partial charge >= 0.3 is 12.2 Å². The van der Waals surface area contributed by atoms with Crippen LogP contribution < -0.4 is 10.6 Å². The molecule has 0 saturated carbocycles. The number of halogens is 4. The van der Waals surface area contributed by atoms with Crippen molar-refractivity contribution in [3.05, 3.63) is 34.9 Å². The lowest BCUT2D eigenvalue weighted by molar-refractivity contribution is -0.125. The molecule has 122 valence electrons. The highest BCUT2D eigenvalue weighted by atomic mass is 35.5. The van der Waals surface area contributed by atoms with E-state index in [1.54, 1.807) is 41.5 Å². The minimum atomic E-state index is -4.52. The number of benzene rings is 1. The predicted molar refractivity (Wildman–Crippen MR) is 75.4 cm³/mol. The summed E-state index contributed by atoms with van der Waals surface area (Å²) in [4.78, 5) is 24.2. The first-order chi connectivity index (χ1) is 10.2. The average Bonchev–Trinajstić information content (AvgIpc) is 2.38. The molecule has 0 aromatic heterocycles. The van der Waals surface area contributed by atoms with Gasteiger partial charge in [-0.15, -0.1) is 0 Å². The Labute approximate surface area is 130 Å². The number of rotatable bonds is 5. The molecule has 0 saturated heterocycles. The zero-order chi connectivity index (χ0) is 16.8. The van der Waals surface area contributed by atoms with E-state index in [1.165, 1.54) is 0 Å². The molecule has 9 heteroatoms. The fourth-order valence-electron chi connectivity index (χ4n) is 1.59. The molecule has 0 radical (unpaired) electrons. The van der Waals surface area contributed by atoms with Crippen LogP contribution in [0.1, 0.15) is 5.56 Å². The van der Waals surface area contributed by atoms with Gasteiger partial charge in [0.1, 0.15) is 6.54 Å². The van der Waals surface area contributed by atoms with E-state index in [2.05, 4.69) is 0 Å². The van der Waals surface area contributed by atoms with Crippen molar-refractivity contribution in [2.45, 2.75) is 12.7 Å². The second-order valence-corrected chi connectivity index (χ2v) is 5.08. The summed E-state index contributed by atoms with van der Waals surface area (Å²) in [7, 11) is 1.64. The van der Waals surface area contributed by atoms with Crippen LogP contribution in [0.4, 0.5) is 18.0 Å². The van der Waals surface area contributed by atoms with Crippen molar-refractivity contribution < 1.29 is 22.8 Å². The molecule has 0 atom stereocenters. The van der Waals surface area contributed by atoms with Gasteiger partial charge in [-0.25, -0.2) is 4.79 Å². The molecule has 2 N–H and O–H groups in total. The summed E-state index contributed by atoms with van der Waals surface area (Å²) in [6.07, 6.45) is -4.52.